The molecule has 3 nitrogen and oxygen atoms in total. The van der Waals surface area contributed by atoms with Gasteiger partial charge in [0.25, 0.3) is 0 Å². The fourth-order valence-electron chi connectivity index (χ4n) is 0.809. The molecule has 0 unspecified atom stereocenters. The van der Waals surface area contributed by atoms with Gasteiger partial charge in [-0.1, -0.05) is 5.92 Å². The molecule has 1 aromatic rings. The van der Waals surface area contributed by atoms with Gasteiger partial charge in [0.2, 0.25) is 0 Å². The maximum Gasteiger partial charge on any atom is 0.354 e. The number of carboxylic acid groups (broad SMARTS) is 1. The lowest BCUT2D eigenvalue weighted by atomic mass is 10.3. The Hall–Kier alpha value is -1.47. The third kappa shape index (κ3) is 3.11. The third-order valence-electron chi connectivity index (χ3n) is 1.44. The number of pyridine rings is 1. The first kappa shape index (κ1) is 10.6. The van der Waals surface area contributed by atoms with Gasteiger partial charge < -0.3 is 5.11 Å². The van der Waals surface area contributed by atoms with Crippen LogP contribution in [0.3, 0.4) is 0 Å². The van der Waals surface area contributed by atoms with E-state index in [2.05, 4.69) is 16.8 Å². The third-order valence-corrected chi connectivity index (χ3v) is 2.31. The Kier molecular flexibility index (Phi) is 4.02. The van der Waals surface area contributed by atoms with Crippen LogP contribution in [0.2, 0.25) is 0 Å². The van der Waals surface area contributed by atoms with Gasteiger partial charge in [0, 0.05) is 11.1 Å². The van der Waals surface area contributed by atoms with Crippen molar-refractivity contribution in [3.8, 4) is 11.8 Å². The van der Waals surface area contributed by atoms with Crippen LogP contribution in [0.1, 0.15) is 17.4 Å². The van der Waals surface area contributed by atoms with Crippen LogP contribution in [-0.4, -0.2) is 21.8 Å². The highest BCUT2D eigenvalue weighted by atomic mass is 32.2. The van der Waals surface area contributed by atoms with Gasteiger partial charge in [-0.15, -0.1) is 17.7 Å². The minimum atomic E-state index is -1.01. The number of carboxylic acids is 1. The quantitative estimate of drug-likeness (QED) is 0.607. The summed E-state index contributed by atoms with van der Waals surface area (Å²) in [6, 6.07) is 3.32. The Labute approximate surface area is 86.6 Å². The molecular formula is C10H9NO2S. The Balaban J connectivity index is 2.71. The predicted octanol–water partition coefficient (Wildman–Crippen LogP) is 1.90. The van der Waals surface area contributed by atoms with Crippen LogP contribution >= 0.6 is 11.8 Å². The molecule has 0 fully saturated rings. The molecule has 1 heterocycles. The van der Waals surface area contributed by atoms with E-state index in [0.29, 0.717) is 5.75 Å². The molecule has 4 heteroatoms. The van der Waals surface area contributed by atoms with Gasteiger partial charge in [-0.3, -0.25) is 0 Å². The number of thioether (sulfide) groups is 1. The van der Waals surface area contributed by atoms with Crippen molar-refractivity contribution in [2.45, 2.75) is 11.8 Å². The van der Waals surface area contributed by atoms with Crippen molar-refractivity contribution in [3.05, 3.63) is 24.0 Å². The van der Waals surface area contributed by atoms with E-state index in [-0.39, 0.29) is 5.69 Å². The number of rotatable bonds is 3. The Morgan fingerprint density at radius 2 is 2.50 bits per heavy atom. The summed E-state index contributed by atoms with van der Waals surface area (Å²) in [6.45, 7) is 1.77. The molecule has 1 aromatic heterocycles. The van der Waals surface area contributed by atoms with Crippen LogP contribution < -0.4 is 0 Å². The van der Waals surface area contributed by atoms with E-state index in [9.17, 15) is 4.79 Å². The van der Waals surface area contributed by atoms with Gasteiger partial charge >= 0.3 is 5.97 Å². The van der Waals surface area contributed by atoms with Crippen molar-refractivity contribution in [1.29, 1.82) is 0 Å². The molecule has 0 amide bonds. The van der Waals surface area contributed by atoms with E-state index < -0.39 is 5.97 Å². The topological polar surface area (TPSA) is 50.2 Å². The first-order valence-electron chi connectivity index (χ1n) is 3.96. The molecule has 1 rings (SSSR count). The zero-order valence-electron chi connectivity index (χ0n) is 7.65. The van der Waals surface area contributed by atoms with Gasteiger partial charge in [0.05, 0.1) is 5.75 Å². The normalized spacial score (nSPS) is 8.93. The molecule has 0 bridgehead atoms. The highest BCUT2D eigenvalue weighted by Crippen LogP contribution is 2.17. The number of hydrogen-bond donors (Lipinski definition) is 1. The van der Waals surface area contributed by atoms with Crippen molar-refractivity contribution >= 4 is 17.7 Å². The van der Waals surface area contributed by atoms with Gasteiger partial charge in [0.15, 0.2) is 0 Å². The minimum Gasteiger partial charge on any atom is -0.477 e. The van der Waals surface area contributed by atoms with E-state index in [1.807, 2.05) is 0 Å². The molecule has 0 aromatic carbocycles. The van der Waals surface area contributed by atoms with Crippen molar-refractivity contribution in [3.63, 3.8) is 0 Å². The second-order valence-electron chi connectivity index (χ2n) is 2.40. The average molecular weight is 207 g/mol. The van der Waals surface area contributed by atoms with E-state index >= 15 is 0 Å². The van der Waals surface area contributed by atoms with Gasteiger partial charge in [-0.2, -0.15) is 0 Å². The van der Waals surface area contributed by atoms with Crippen molar-refractivity contribution in [2.75, 3.05) is 5.75 Å². The van der Waals surface area contributed by atoms with E-state index in [1.165, 1.54) is 18.0 Å². The van der Waals surface area contributed by atoms with E-state index in [0.717, 1.165) is 4.90 Å². The first-order valence-corrected chi connectivity index (χ1v) is 4.94. The highest BCUT2D eigenvalue weighted by molar-refractivity contribution is 7.99. The van der Waals surface area contributed by atoms with Crippen LogP contribution in [-0.2, 0) is 0 Å². The zero-order valence-corrected chi connectivity index (χ0v) is 8.47. The van der Waals surface area contributed by atoms with Crippen LogP contribution in [0.5, 0.6) is 0 Å². The number of aromatic nitrogens is 1. The largest absolute Gasteiger partial charge is 0.477 e. The summed E-state index contributed by atoms with van der Waals surface area (Å²) in [6.07, 6.45) is 1.49. The molecule has 72 valence electrons. The summed E-state index contributed by atoms with van der Waals surface area (Å²) in [5.41, 5.74) is 0.0689. The summed E-state index contributed by atoms with van der Waals surface area (Å²) < 4.78 is 0. The highest BCUT2D eigenvalue weighted by Gasteiger charge is 2.04. The monoisotopic (exact) mass is 207 g/mol. The van der Waals surface area contributed by atoms with Crippen LogP contribution in [0, 0.1) is 11.8 Å². The summed E-state index contributed by atoms with van der Waals surface area (Å²) >= 11 is 1.50. The van der Waals surface area contributed by atoms with Gasteiger partial charge in [-0.25, -0.2) is 9.78 Å². The maximum absolute atomic E-state index is 10.6. The summed E-state index contributed by atoms with van der Waals surface area (Å²) in [7, 11) is 0. The van der Waals surface area contributed by atoms with Crippen LogP contribution in [0.15, 0.2) is 23.2 Å². The van der Waals surface area contributed by atoms with Crippen LogP contribution in [0.4, 0.5) is 0 Å². The molecule has 0 aliphatic rings. The van der Waals surface area contributed by atoms with Crippen LogP contribution in [0.25, 0.3) is 0 Å². The minimum absolute atomic E-state index is 0.0689. The number of nitrogens with zero attached hydrogens (tertiary/aromatic N) is 1. The van der Waals surface area contributed by atoms with E-state index in [4.69, 9.17) is 5.11 Å². The molecule has 0 saturated carbocycles. The van der Waals surface area contributed by atoms with Crippen molar-refractivity contribution in [1.82, 2.24) is 4.98 Å². The molecule has 0 aliphatic carbocycles. The lowest BCUT2D eigenvalue weighted by Gasteiger charge is -1.98. The first-order chi connectivity index (χ1) is 6.74. The number of hydrogen-bond acceptors (Lipinski definition) is 3. The van der Waals surface area contributed by atoms with Gasteiger partial charge in [0.1, 0.15) is 5.69 Å². The molecule has 0 atom stereocenters. The molecule has 1 N–H and O–H groups in total. The lowest BCUT2D eigenvalue weighted by molar-refractivity contribution is 0.0690. The lowest BCUT2D eigenvalue weighted by Crippen LogP contribution is -1.99. The Morgan fingerprint density at radius 1 is 1.71 bits per heavy atom. The molecule has 0 spiro atoms. The summed E-state index contributed by atoms with van der Waals surface area (Å²) in [5.74, 6) is 5.32. The smallest absolute Gasteiger partial charge is 0.354 e. The Bertz CT molecular complexity index is 393. The summed E-state index contributed by atoms with van der Waals surface area (Å²) in [4.78, 5) is 15.2. The standard InChI is InChI=1S/C10H9NO2S/c1-2-3-6-14-8-4-5-11-9(7-8)10(12)13/h4-5,7H,6H2,1H3,(H,12,13). The fraction of sp³-hybridized carbons (Fsp3) is 0.200. The predicted molar refractivity (Wildman–Crippen MR) is 55.4 cm³/mol. The van der Waals surface area contributed by atoms with Crippen molar-refractivity contribution in [2.24, 2.45) is 0 Å². The second-order valence-corrected chi connectivity index (χ2v) is 3.45. The summed E-state index contributed by atoms with van der Waals surface area (Å²) in [5, 5.41) is 8.68. The molecule has 0 aliphatic heterocycles. The zero-order chi connectivity index (χ0) is 10.4. The van der Waals surface area contributed by atoms with E-state index in [1.54, 1.807) is 19.1 Å². The fourth-order valence-corrected chi connectivity index (χ4v) is 1.54. The number of carbonyl (C=O) groups is 1. The molecule has 14 heavy (non-hydrogen) atoms. The SMILES string of the molecule is CC#CCSc1ccnc(C(=O)O)c1. The molecule has 0 radical (unpaired) electrons. The average Bonchev–Trinajstić information content (AvgIpc) is 2.19. The molecular weight excluding hydrogens is 198 g/mol. The number of aromatic carboxylic acids is 1. The maximum atomic E-state index is 10.6. The Morgan fingerprint density at radius 3 is 3.14 bits per heavy atom. The molecule has 0 saturated heterocycles. The van der Waals surface area contributed by atoms with Gasteiger partial charge in [-0.05, 0) is 19.1 Å². The second kappa shape index (κ2) is 5.30. The van der Waals surface area contributed by atoms with Crippen molar-refractivity contribution < 1.29 is 9.90 Å².